The van der Waals surface area contributed by atoms with Crippen molar-refractivity contribution in [3.05, 3.63) is 12.7 Å². The number of nitrogens with zero attached hydrogens (tertiary/aromatic N) is 1. The molecule has 0 rings (SSSR count). The number of hydrogen-bond acceptors (Lipinski definition) is 2. The molecule has 0 aromatic carbocycles. The van der Waals surface area contributed by atoms with E-state index in [0.29, 0.717) is 11.3 Å². The largest absolute Gasteiger partial charge is 0.471 e. The lowest BCUT2D eigenvalue weighted by Crippen LogP contribution is -2.42. The molecule has 6 heteroatoms. The van der Waals surface area contributed by atoms with Gasteiger partial charge in [0.25, 0.3) is 0 Å². The Labute approximate surface area is 80.4 Å². The van der Waals surface area contributed by atoms with E-state index < -0.39 is 12.1 Å². The molecule has 0 aromatic rings. The highest BCUT2D eigenvalue weighted by atomic mass is 19.4. The molecule has 1 amide bonds. The van der Waals surface area contributed by atoms with Crippen molar-refractivity contribution >= 4 is 5.91 Å². The molecule has 0 bridgehead atoms. The summed E-state index contributed by atoms with van der Waals surface area (Å²) in [6.07, 6.45) is -3.23. The summed E-state index contributed by atoms with van der Waals surface area (Å²) in [5, 5.41) is 0. The highest BCUT2D eigenvalue weighted by Crippen LogP contribution is 2.18. The zero-order valence-electron chi connectivity index (χ0n) is 7.68. The summed E-state index contributed by atoms with van der Waals surface area (Å²) in [4.78, 5) is 11.5. The van der Waals surface area contributed by atoms with Gasteiger partial charge in [-0.15, -0.1) is 6.58 Å². The Morgan fingerprint density at radius 2 is 2.07 bits per heavy atom. The molecular weight excluding hydrogens is 197 g/mol. The molecule has 0 radical (unpaired) electrons. The fraction of sp³-hybridized carbons (Fsp3) is 0.625. The van der Waals surface area contributed by atoms with Crippen LogP contribution >= 0.6 is 0 Å². The Morgan fingerprint density at radius 1 is 1.50 bits per heavy atom. The minimum Gasteiger partial charge on any atom is -0.331 e. The van der Waals surface area contributed by atoms with Crippen LogP contribution in [0, 0.1) is 0 Å². The van der Waals surface area contributed by atoms with Crippen LogP contribution in [-0.4, -0.2) is 36.6 Å². The summed E-state index contributed by atoms with van der Waals surface area (Å²) in [7, 11) is 0. The van der Waals surface area contributed by atoms with Crippen LogP contribution < -0.4 is 5.73 Å². The SMILES string of the molecule is C=CCN(CCCN)C(=O)C(F)(F)F. The molecule has 0 fully saturated rings. The molecule has 0 aliphatic heterocycles. The van der Waals surface area contributed by atoms with Crippen molar-refractivity contribution < 1.29 is 18.0 Å². The summed E-state index contributed by atoms with van der Waals surface area (Å²) in [5.41, 5.74) is 5.14. The van der Waals surface area contributed by atoms with Crippen LogP contribution in [0.4, 0.5) is 13.2 Å². The number of halogens is 3. The van der Waals surface area contributed by atoms with Crippen molar-refractivity contribution in [2.24, 2.45) is 5.73 Å². The third-order valence-electron chi connectivity index (χ3n) is 1.51. The maximum Gasteiger partial charge on any atom is 0.471 e. The van der Waals surface area contributed by atoms with E-state index in [4.69, 9.17) is 5.73 Å². The van der Waals surface area contributed by atoms with Gasteiger partial charge in [0.15, 0.2) is 0 Å². The zero-order valence-corrected chi connectivity index (χ0v) is 7.68. The third-order valence-corrected chi connectivity index (χ3v) is 1.51. The van der Waals surface area contributed by atoms with Gasteiger partial charge in [0.1, 0.15) is 0 Å². The Balaban J connectivity index is 4.32. The van der Waals surface area contributed by atoms with Crippen LogP contribution in [0.3, 0.4) is 0 Å². The number of carbonyl (C=O) groups excluding carboxylic acids is 1. The second-order valence-electron chi connectivity index (χ2n) is 2.68. The van der Waals surface area contributed by atoms with Gasteiger partial charge in [-0.3, -0.25) is 4.79 Å². The molecule has 0 aliphatic rings. The Morgan fingerprint density at radius 3 is 2.43 bits per heavy atom. The van der Waals surface area contributed by atoms with Gasteiger partial charge in [0, 0.05) is 13.1 Å². The lowest BCUT2D eigenvalue weighted by Gasteiger charge is -2.21. The van der Waals surface area contributed by atoms with Crippen LogP contribution in [0.2, 0.25) is 0 Å². The number of amides is 1. The molecule has 0 spiro atoms. The molecule has 0 aliphatic carbocycles. The topological polar surface area (TPSA) is 46.3 Å². The van der Waals surface area contributed by atoms with Crippen LogP contribution in [0.25, 0.3) is 0 Å². The van der Waals surface area contributed by atoms with E-state index in [1.165, 1.54) is 6.08 Å². The van der Waals surface area contributed by atoms with E-state index in [1.54, 1.807) is 0 Å². The van der Waals surface area contributed by atoms with E-state index in [0.717, 1.165) is 0 Å². The smallest absolute Gasteiger partial charge is 0.331 e. The standard InChI is InChI=1S/C8H13F3N2O/c1-2-5-13(6-3-4-12)7(14)8(9,10)11/h2H,1,3-6,12H2. The fourth-order valence-corrected chi connectivity index (χ4v) is 0.893. The number of nitrogens with two attached hydrogens (primary N) is 1. The first kappa shape index (κ1) is 13.0. The molecule has 0 saturated heterocycles. The second-order valence-corrected chi connectivity index (χ2v) is 2.68. The molecule has 82 valence electrons. The first-order valence-corrected chi connectivity index (χ1v) is 4.10. The molecule has 0 unspecified atom stereocenters. The monoisotopic (exact) mass is 210 g/mol. The van der Waals surface area contributed by atoms with Crippen LogP contribution in [0.1, 0.15) is 6.42 Å². The second kappa shape index (κ2) is 5.64. The van der Waals surface area contributed by atoms with Crippen molar-refractivity contribution in [2.45, 2.75) is 12.6 Å². The molecule has 0 heterocycles. The Kier molecular flexibility index (Phi) is 5.22. The summed E-state index contributed by atoms with van der Waals surface area (Å²) in [6, 6.07) is 0. The summed E-state index contributed by atoms with van der Waals surface area (Å²) in [6.45, 7) is 3.42. The van der Waals surface area contributed by atoms with E-state index in [2.05, 4.69) is 6.58 Å². The molecular formula is C8H13F3N2O. The number of carbonyl (C=O) groups is 1. The van der Waals surface area contributed by atoms with Crippen molar-refractivity contribution in [2.75, 3.05) is 19.6 Å². The highest BCUT2D eigenvalue weighted by molar-refractivity contribution is 5.81. The van der Waals surface area contributed by atoms with Gasteiger partial charge in [-0.1, -0.05) is 6.08 Å². The number of alkyl halides is 3. The molecule has 0 saturated carbocycles. The highest BCUT2D eigenvalue weighted by Gasteiger charge is 2.41. The third kappa shape index (κ3) is 4.27. The minimum atomic E-state index is -4.82. The van der Waals surface area contributed by atoms with E-state index >= 15 is 0 Å². The van der Waals surface area contributed by atoms with Gasteiger partial charge in [0.05, 0.1) is 0 Å². The summed E-state index contributed by atoms with van der Waals surface area (Å²) < 4.78 is 36.0. The molecule has 0 aromatic heterocycles. The molecule has 14 heavy (non-hydrogen) atoms. The van der Waals surface area contributed by atoms with E-state index in [-0.39, 0.29) is 19.6 Å². The van der Waals surface area contributed by atoms with Crippen molar-refractivity contribution in [3.63, 3.8) is 0 Å². The number of rotatable bonds is 5. The lowest BCUT2D eigenvalue weighted by molar-refractivity contribution is -0.184. The van der Waals surface area contributed by atoms with Crippen molar-refractivity contribution in [1.29, 1.82) is 0 Å². The van der Waals surface area contributed by atoms with E-state index in [9.17, 15) is 18.0 Å². The van der Waals surface area contributed by atoms with Crippen LogP contribution in [0.5, 0.6) is 0 Å². The predicted molar refractivity (Wildman–Crippen MR) is 46.5 cm³/mol. The lowest BCUT2D eigenvalue weighted by atomic mass is 10.3. The first-order valence-electron chi connectivity index (χ1n) is 4.10. The quantitative estimate of drug-likeness (QED) is 0.685. The van der Waals surface area contributed by atoms with Crippen LogP contribution in [-0.2, 0) is 4.79 Å². The van der Waals surface area contributed by atoms with Gasteiger partial charge >= 0.3 is 12.1 Å². The maximum absolute atomic E-state index is 12.0. The van der Waals surface area contributed by atoms with Crippen molar-refractivity contribution in [3.8, 4) is 0 Å². The van der Waals surface area contributed by atoms with E-state index in [1.807, 2.05) is 0 Å². The predicted octanol–water partition coefficient (Wildman–Crippen LogP) is 0.912. The average Bonchev–Trinajstić information content (AvgIpc) is 2.09. The molecule has 2 N–H and O–H groups in total. The van der Waals surface area contributed by atoms with Gasteiger partial charge in [-0.05, 0) is 13.0 Å². The first-order chi connectivity index (χ1) is 6.43. The van der Waals surface area contributed by atoms with Gasteiger partial charge in [-0.25, -0.2) is 0 Å². The summed E-state index contributed by atoms with van der Waals surface area (Å²) >= 11 is 0. The van der Waals surface area contributed by atoms with Gasteiger partial charge < -0.3 is 10.6 Å². The Bertz CT molecular complexity index is 203. The molecule has 3 nitrogen and oxygen atoms in total. The average molecular weight is 210 g/mol. The van der Waals surface area contributed by atoms with Gasteiger partial charge in [-0.2, -0.15) is 13.2 Å². The summed E-state index contributed by atoms with van der Waals surface area (Å²) in [5.74, 6) is -1.84. The van der Waals surface area contributed by atoms with Crippen LogP contribution in [0.15, 0.2) is 12.7 Å². The maximum atomic E-state index is 12.0. The minimum absolute atomic E-state index is 0.000856. The Hall–Kier alpha value is -1.04. The molecule has 0 atom stereocenters. The zero-order chi connectivity index (χ0) is 11.2. The normalized spacial score (nSPS) is 11.1. The van der Waals surface area contributed by atoms with Crippen molar-refractivity contribution in [1.82, 2.24) is 4.90 Å². The number of hydrogen-bond donors (Lipinski definition) is 1. The van der Waals surface area contributed by atoms with Gasteiger partial charge in [0.2, 0.25) is 0 Å². The fourth-order valence-electron chi connectivity index (χ4n) is 0.893.